The first-order valence-corrected chi connectivity index (χ1v) is 14.4. The van der Waals surface area contributed by atoms with Gasteiger partial charge in [-0.05, 0) is 50.5 Å². The molecule has 0 radical (unpaired) electrons. The number of carbonyl (C=O) groups excluding carboxylic acids is 1. The smallest absolute Gasteiger partial charge is 0.410 e. The number of halogens is 1. The first-order valence-electron chi connectivity index (χ1n) is 12.7. The highest BCUT2D eigenvalue weighted by molar-refractivity contribution is 7.88. The van der Waals surface area contributed by atoms with Gasteiger partial charge in [0.2, 0.25) is 10.0 Å². The molecule has 5 rings (SSSR count). The van der Waals surface area contributed by atoms with Crippen LogP contribution in [0.1, 0.15) is 50.4 Å². The monoisotopic (exact) mass is 532 g/mol. The van der Waals surface area contributed by atoms with Crippen LogP contribution < -0.4 is 4.72 Å². The van der Waals surface area contributed by atoms with Crippen molar-refractivity contribution in [3.8, 4) is 0 Å². The van der Waals surface area contributed by atoms with Crippen molar-refractivity contribution >= 4 is 16.1 Å². The molecule has 0 spiro atoms. The molecule has 0 bridgehead atoms. The van der Waals surface area contributed by atoms with Crippen molar-refractivity contribution in [1.29, 1.82) is 0 Å². The van der Waals surface area contributed by atoms with E-state index in [0.717, 1.165) is 25.7 Å². The molecule has 2 aromatic rings. The van der Waals surface area contributed by atoms with Crippen molar-refractivity contribution in [1.82, 2.24) is 19.6 Å². The fraction of sp³-hybridized carbons (Fsp3) is 0.577. The Bertz CT molecular complexity index is 1220. The first-order chi connectivity index (χ1) is 17.7. The third-order valence-electron chi connectivity index (χ3n) is 8.07. The Kier molecular flexibility index (Phi) is 7.21. The van der Waals surface area contributed by atoms with E-state index in [1.54, 1.807) is 29.2 Å². The summed E-state index contributed by atoms with van der Waals surface area (Å²) in [6.07, 6.45) is 5.82. The number of hydrogen-bond acceptors (Lipinski definition) is 7. The van der Waals surface area contributed by atoms with Crippen LogP contribution in [0.4, 0.5) is 9.18 Å². The van der Waals surface area contributed by atoms with Crippen molar-refractivity contribution in [3.63, 3.8) is 0 Å². The molecule has 1 N–H and O–H groups in total. The van der Waals surface area contributed by atoms with Gasteiger partial charge in [-0.1, -0.05) is 30.3 Å². The Labute approximate surface area is 216 Å². The fourth-order valence-corrected chi connectivity index (χ4v) is 7.59. The van der Waals surface area contributed by atoms with Gasteiger partial charge >= 0.3 is 6.09 Å². The molecule has 3 aliphatic rings. The molecular weight excluding hydrogens is 499 g/mol. The Morgan fingerprint density at radius 3 is 2.62 bits per heavy atom. The van der Waals surface area contributed by atoms with Crippen LogP contribution in [0.25, 0.3) is 0 Å². The minimum absolute atomic E-state index is 0.0157. The van der Waals surface area contributed by atoms with Crippen LogP contribution in [0.2, 0.25) is 0 Å². The van der Waals surface area contributed by atoms with Gasteiger partial charge < -0.3 is 9.47 Å². The number of fused-ring (bicyclic) bond motifs is 1. The third kappa shape index (κ3) is 5.49. The number of nitrogens with one attached hydrogen (secondary N) is 1. The van der Waals surface area contributed by atoms with Crippen LogP contribution in [0, 0.1) is 11.7 Å². The van der Waals surface area contributed by atoms with Crippen LogP contribution in [0.5, 0.6) is 0 Å². The highest BCUT2D eigenvalue weighted by Gasteiger charge is 2.60. The van der Waals surface area contributed by atoms with E-state index in [0.29, 0.717) is 23.7 Å². The van der Waals surface area contributed by atoms with Gasteiger partial charge in [-0.15, -0.1) is 0 Å². The zero-order chi connectivity index (χ0) is 26.2. The maximum absolute atomic E-state index is 13.3. The van der Waals surface area contributed by atoms with Gasteiger partial charge in [-0.3, -0.25) is 4.90 Å². The average molecular weight is 533 g/mol. The third-order valence-corrected chi connectivity index (χ3v) is 9.44. The van der Waals surface area contributed by atoms with E-state index >= 15 is 0 Å². The van der Waals surface area contributed by atoms with Gasteiger partial charge in [0.05, 0.1) is 44.0 Å². The second-order valence-electron chi connectivity index (χ2n) is 10.5. The second kappa shape index (κ2) is 10.3. The van der Waals surface area contributed by atoms with Gasteiger partial charge in [0.15, 0.2) is 5.82 Å². The lowest BCUT2D eigenvalue weighted by Crippen LogP contribution is -2.50. The first kappa shape index (κ1) is 26.0. The highest BCUT2D eigenvalue weighted by Crippen LogP contribution is 2.61. The van der Waals surface area contributed by atoms with Crippen molar-refractivity contribution in [2.75, 3.05) is 13.7 Å². The summed E-state index contributed by atoms with van der Waals surface area (Å²) in [6, 6.07) is 7.82. The summed E-state index contributed by atoms with van der Waals surface area (Å²) in [5.74, 6) is 0.495. The molecule has 9 nitrogen and oxygen atoms in total. The standard InChI is InChI=1S/C26H33FN4O5S/c1-17-10-22(30-37(33,34)16-18-6-4-3-5-7-18)23(31(17)25(32)35-2)15-36-21-8-9-26(12-19(26)11-21)24-28-13-20(27)14-29-24/h3-7,13-14,17,19,21-23,30H,8-12,15-16H2,1-2H3/t17-,19+,21-,22+,23+,26+/m1/s1. The van der Waals surface area contributed by atoms with Gasteiger partial charge in [-0.2, -0.15) is 0 Å². The van der Waals surface area contributed by atoms with Crippen LogP contribution >= 0.6 is 0 Å². The molecule has 1 aliphatic heterocycles. The van der Waals surface area contributed by atoms with Crippen molar-refractivity contribution in [2.24, 2.45) is 5.92 Å². The SMILES string of the molecule is COC(=O)N1[C@H](C)C[C@H](NS(=O)(=O)Cc2ccccc2)[C@@H]1CO[C@@H]1CC[C@]2(c3ncc(F)cn3)C[C@@H]2C1. The summed E-state index contributed by atoms with van der Waals surface area (Å²) < 4.78 is 53.4. The maximum atomic E-state index is 13.3. The van der Waals surface area contributed by atoms with Crippen molar-refractivity contribution < 1.29 is 27.1 Å². The van der Waals surface area contributed by atoms with E-state index in [-0.39, 0.29) is 29.9 Å². The molecule has 1 saturated heterocycles. The molecule has 3 fully saturated rings. The Morgan fingerprint density at radius 1 is 1.22 bits per heavy atom. The van der Waals surface area contributed by atoms with Gasteiger partial charge in [0, 0.05) is 17.5 Å². The molecule has 2 heterocycles. The number of sulfonamides is 1. The van der Waals surface area contributed by atoms with E-state index in [2.05, 4.69) is 14.7 Å². The minimum atomic E-state index is -3.64. The minimum Gasteiger partial charge on any atom is -0.453 e. The number of nitrogens with zero attached hydrogens (tertiary/aromatic N) is 3. The summed E-state index contributed by atoms with van der Waals surface area (Å²) in [7, 11) is -2.32. The van der Waals surface area contributed by atoms with E-state index in [1.807, 2.05) is 13.0 Å². The summed E-state index contributed by atoms with van der Waals surface area (Å²) >= 11 is 0. The number of aromatic nitrogens is 2. The molecule has 6 atom stereocenters. The Hall–Kier alpha value is -2.63. The predicted molar refractivity (Wildman–Crippen MR) is 133 cm³/mol. The molecule has 2 aliphatic carbocycles. The second-order valence-corrected chi connectivity index (χ2v) is 12.3. The molecule has 37 heavy (non-hydrogen) atoms. The van der Waals surface area contributed by atoms with Gasteiger partial charge in [0.25, 0.3) is 0 Å². The molecular formula is C26H33FN4O5S. The van der Waals surface area contributed by atoms with E-state index in [9.17, 15) is 17.6 Å². The van der Waals surface area contributed by atoms with Crippen LogP contribution in [-0.2, 0) is 30.7 Å². The summed E-state index contributed by atoms with van der Waals surface area (Å²) in [6.45, 7) is 2.09. The number of rotatable bonds is 8. The lowest BCUT2D eigenvalue weighted by atomic mass is 9.86. The summed E-state index contributed by atoms with van der Waals surface area (Å²) in [5.41, 5.74) is 0.599. The number of amides is 1. The largest absolute Gasteiger partial charge is 0.453 e. The molecule has 0 unspecified atom stereocenters. The van der Waals surface area contributed by atoms with Crippen LogP contribution in [-0.4, -0.2) is 67.3 Å². The molecule has 200 valence electrons. The molecule has 1 aromatic carbocycles. The normalized spacial score (nSPS) is 31.1. The Morgan fingerprint density at radius 2 is 1.95 bits per heavy atom. The quantitative estimate of drug-likeness (QED) is 0.556. The molecule has 2 saturated carbocycles. The number of likely N-dealkylation sites (tertiary alicyclic amines) is 1. The van der Waals surface area contributed by atoms with E-state index in [1.165, 1.54) is 19.5 Å². The topological polar surface area (TPSA) is 111 Å². The van der Waals surface area contributed by atoms with Gasteiger partial charge in [0.1, 0.15) is 5.82 Å². The molecule has 1 aromatic heterocycles. The van der Waals surface area contributed by atoms with Crippen molar-refractivity contribution in [2.45, 2.75) is 74.4 Å². The summed E-state index contributed by atoms with van der Waals surface area (Å²) in [5, 5.41) is 0. The van der Waals surface area contributed by atoms with Crippen LogP contribution in [0.3, 0.4) is 0 Å². The zero-order valence-electron chi connectivity index (χ0n) is 21.0. The molecule has 1 amide bonds. The lowest BCUT2D eigenvalue weighted by Gasteiger charge is -2.32. The van der Waals surface area contributed by atoms with Gasteiger partial charge in [-0.25, -0.2) is 32.3 Å². The highest BCUT2D eigenvalue weighted by atomic mass is 32.2. The maximum Gasteiger partial charge on any atom is 0.410 e. The Balaban J connectivity index is 1.23. The molecule has 11 heteroatoms. The number of carbonyl (C=O) groups is 1. The predicted octanol–water partition coefficient (Wildman–Crippen LogP) is 3.16. The van der Waals surface area contributed by atoms with E-state index < -0.39 is 34.0 Å². The lowest BCUT2D eigenvalue weighted by molar-refractivity contribution is -0.0103. The number of hydrogen-bond donors (Lipinski definition) is 1. The van der Waals surface area contributed by atoms with Crippen LogP contribution in [0.15, 0.2) is 42.7 Å². The van der Waals surface area contributed by atoms with E-state index in [4.69, 9.17) is 9.47 Å². The number of methoxy groups -OCH3 is 1. The number of benzene rings is 1. The fourth-order valence-electron chi connectivity index (χ4n) is 6.16. The zero-order valence-corrected chi connectivity index (χ0v) is 21.9. The average Bonchev–Trinajstić information content (AvgIpc) is 3.53. The number of ether oxygens (including phenoxy) is 2. The summed E-state index contributed by atoms with van der Waals surface area (Å²) in [4.78, 5) is 22.6. The van der Waals surface area contributed by atoms with Crippen molar-refractivity contribution in [3.05, 3.63) is 59.9 Å².